The minimum atomic E-state index is -0.0530. The van der Waals surface area contributed by atoms with Crippen LogP contribution in [0.15, 0.2) is 24.3 Å². The van der Waals surface area contributed by atoms with Crippen molar-refractivity contribution in [2.24, 2.45) is 0 Å². The van der Waals surface area contributed by atoms with Crippen LogP contribution in [0.4, 0.5) is 0 Å². The van der Waals surface area contributed by atoms with E-state index in [2.05, 4.69) is 37.4 Å². The molecule has 1 aromatic carbocycles. The van der Waals surface area contributed by atoms with E-state index in [1.165, 1.54) is 18.4 Å². The molecule has 0 saturated heterocycles. The number of rotatable bonds is 3. The molecule has 16 heavy (non-hydrogen) atoms. The number of hydrogen-bond donors (Lipinski definition) is 1. The van der Waals surface area contributed by atoms with E-state index < -0.39 is 0 Å². The number of fused-ring (bicyclic) bond motifs is 1. The normalized spacial score (nSPS) is 24.4. The Kier molecular flexibility index (Phi) is 3.49. The summed E-state index contributed by atoms with van der Waals surface area (Å²) in [5.74, 6) is 1.05. The summed E-state index contributed by atoms with van der Waals surface area (Å²) in [5, 5.41) is 3.48. The summed E-state index contributed by atoms with van der Waals surface area (Å²) in [6.45, 7) is 6.28. The highest BCUT2D eigenvalue weighted by Crippen LogP contribution is 2.28. The third-order valence-corrected chi connectivity index (χ3v) is 3.20. The van der Waals surface area contributed by atoms with Gasteiger partial charge in [0.2, 0.25) is 0 Å². The number of nitrogens with one attached hydrogen (secondary N) is 1. The van der Waals surface area contributed by atoms with Gasteiger partial charge in [-0.25, -0.2) is 0 Å². The van der Waals surface area contributed by atoms with Crippen LogP contribution in [0.2, 0.25) is 0 Å². The Morgan fingerprint density at radius 1 is 1.38 bits per heavy atom. The molecule has 2 nitrogen and oxygen atoms in total. The highest BCUT2D eigenvalue weighted by atomic mass is 16.5. The second-order valence-electron chi connectivity index (χ2n) is 4.87. The van der Waals surface area contributed by atoms with Crippen molar-refractivity contribution in [1.82, 2.24) is 5.32 Å². The largest absolute Gasteiger partial charge is 0.486 e. The molecule has 0 spiro atoms. The summed E-state index contributed by atoms with van der Waals surface area (Å²) >= 11 is 0. The van der Waals surface area contributed by atoms with Gasteiger partial charge in [-0.05, 0) is 25.8 Å². The molecular weight excluding hydrogens is 198 g/mol. The molecule has 0 aliphatic carbocycles. The maximum Gasteiger partial charge on any atom is 0.124 e. The first-order valence-electron chi connectivity index (χ1n) is 6.21. The maximum absolute atomic E-state index is 6.18. The standard InChI is InChI=1S/C14H21NO/c1-3-4-9-14(2)11-15-10-12-7-5-6-8-13(12)16-14/h5-8,15H,3-4,9-11H2,1-2H3. The Morgan fingerprint density at radius 2 is 2.19 bits per heavy atom. The van der Waals surface area contributed by atoms with Crippen molar-refractivity contribution in [1.29, 1.82) is 0 Å². The van der Waals surface area contributed by atoms with Gasteiger partial charge in [-0.15, -0.1) is 0 Å². The Labute approximate surface area is 98.0 Å². The number of benzene rings is 1. The topological polar surface area (TPSA) is 21.3 Å². The van der Waals surface area contributed by atoms with Gasteiger partial charge in [0.15, 0.2) is 0 Å². The lowest BCUT2D eigenvalue weighted by Gasteiger charge is -2.29. The van der Waals surface area contributed by atoms with Crippen LogP contribution in [0, 0.1) is 0 Å². The van der Waals surface area contributed by atoms with E-state index >= 15 is 0 Å². The second kappa shape index (κ2) is 4.88. The van der Waals surface area contributed by atoms with Crippen molar-refractivity contribution in [2.75, 3.05) is 6.54 Å². The van der Waals surface area contributed by atoms with Crippen molar-refractivity contribution >= 4 is 0 Å². The Morgan fingerprint density at radius 3 is 3.00 bits per heavy atom. The van der Waals surface area contributed by atoms with Gasteiger partial charge in [0.05, 0.1) is 0 Å². The quantitative estimate of drug-likeness (QED) is 0.843. The molecule has 0 amide bonds. The molecule has 1 unspecified atom stereocenters. The van der Waals surface area contributed by atoms with Gasteiger partial charge < -0.3 is 10.1 Å². The fourth-order valence-electron chi connectivity index (χ4n) is 2.20. The first-order chi connectivity index (χ1) is 7.73. The zero-order chi connectivity index (χ0) is 11.4. The number of hydrogen-bond acceptors (Lipinski definition) is 2. The van der Waals surface area contributed by atoms with E-state index in [4.69, 9.17) is 4.74 Å². The number of ether oxygens (including phenoxy) is 1. The molecule has 0 fully saturated rings. The van der Waals surface area contributed by atoms with Gasteiger partial charge in [0.25, 0.3) is 0 Å². The SMILES string of the molecule is CCCCC1(C)CNCc2ccccc2O1. The lowest BCUT2D eigenvalue weighted by Crippen LogP contribution is -2.41. The number of para-hydroxylation sites is 1. The minimum Gasteiger partial charge on any atom is -0.486 e. The lowest BCUT2D eigenvalue weighted by atomic mass is 9.99. The van der Waals surface area contributed by atoms with Crippen LogP contribution in [0.1, 0.15) is 38.7 Å². The van der Waals surface area contributed by atoms with Crippen molar-refractivity contribution in [2.45, 2.75) is 45.3 Å². The smallest absolute Gasteiger partial charge is 0.124 e. The Balaban J connectivity index is 2.15. The third kappa shape index (κ3) is 2.56. The van der Waals surface area contributed by atoms with E-state index in [0.29, 0.717) is 0 Å². The maximum atomic E-state index is 6.18. The Hall–Kier alpha value is -1.02. The molecule has 1 aliphatic rings. The highest BCUT2D eigenvalue weighted by Gasteiger charge is 2.28. The summed E-state index contributed by atoms with van der Waals surface area (Å²) in [6, 6.07) is 8.32. The van der Waals surface area contributed by atoms with E-state index in [1.54, 1.807) is 0 Å². The average molecular weight is 219 g/mol. The number of unbranched alkanes of at least 4 members (excludes halogenated alkanes) is 1. The summed E-state index contributed by atoms with van der Waals surface area (Å²) in [5.41, 5.74) is 1.21. The van der Waals surface area contributed by atoms with Gasteiger partial charge in [0.1, 0.15) is 11.4 Å². The van der Waals surface area contributed by atoms with E-state index in [-0.39, 0.29) is 5.60 Å². The van der Waals surface area contributed by atoms with Crippen LogP contribution in [-0.4, -0.2) is 12.1 Å². The van der Waals surface area contributed by atoms with Gasteiger partial charge >= 0.3 is 0 Å². The van der Waals surface area contributed by atoms with Crippen LogP contribution < -0.4 is 10.1 Å². The zero-order valence-corrected chi connectivity index (χ0v) is 10.3. The lowest BCUT2D eigenvalue weighted by molar-refractivity contribution is 0.0819. The highest BCUT2D eigenvalue weighted by molar-refractivity contribution is 5.34. The summed E-state index contributed by atoms with van der Waals surface area (Å²) < 4.78 is 6.18. The molecule has 1 heterocycles. The molecule has 0 bridgehead atoms. The second-order valence-corrected chi connectivity index (χ2v) is 4.87. The molecule has 0 aromatic heterocycles. The molecule has 1 N–H and O–H groups in total. The fraction of sp³-hybridized carbons (Fsp3) is 0.571. The van der Waals surface area contributed by atoms with Crippen LogP contribution in [0.25, 0.3) is 0 Å². The van der Waals surface area contributed by atoms with Crippen molar-refractivity contribution in [3.8, 4) is 5.75 Å². The molecule has 0 saturated carbocycles. The average Bonchev–Trinajstić information content (AvgIpc) is 2.45. The first-order valence-corrected chi connectivity index (χ1v) is 6.21. The van der Waals surface area contributed by atoms with Crippen molar-refractivity contribution in [3.05, 3.63) is 29.8 Å². The molecule has 1 aliphatic heterocycles. The van der Waals surface area contributed by atoms with Crippen LogP contribution in [0.3, 0.4) is 0 Å². The first kappa shape index (κ1) is 11.5. The molecule has 1 atom stereocenters. The van der Waals surface area contributed by atoms with Gasteiger partial charge in [0, 0.05) is 18.7 Å². The van der Waals surface area contributed by atoms with Crippen molar-refractivity contribution in [3.63, 3.8) is 0 Å². The van der Waals surface area contributed by atoms with E-state index in [1.807, 2.05) is 6.07 Å². The predicted octanol–water partition coefficient (Wildman–Crippen LogP) is 3.12. The molecule has 2 heteroatoms. The van der Waals surface area contributed by atoms with Crippen LogP contribution >= 0.6 is 0 Å². The molecule has 0 radical (unpaired) electrons. The zero-order valence-electron chi connectivity index (χ0n) is 10.3. The molecule has 2 rings (SSSR count). The summed E-state index contributed by atoms with van der Waals surface area (Å²) in [4.78, 5) is 0. The molecular formula is C14H21NO. The summed E-state index contributed by atoms with van der Waals surface area (Å²) in [7, 11) is 0. The summed E-state index contributed by atoms with van der Waals surface area (Å²) in [6.07, 6.45) is 3.56. The fourth-order valence-corrected chi connectivity index (χ4v) is 2.20. The van der Waals surface area contributed by atoms with Crippen LogP contribution in [-0.2, 0) is 6.54 Å². The predicted molar refractivity (Wildman–Crippen MR) is 66.7 cm³/mol. The minimum absolute atomic E-state index is 0.0530. The van der Waals surface area contributed by atoms with Crippen LogP contribution in [0.5, 0.6) is 5.75 Å². The van der Waals surface area contributed by atoms with Crippen molar-refractivity contribution < 1.29 is 4.74 Å². The van der Waals surface area contributed by atoms with Gasteiger partial charge in [-0.1, -0.05) is 31.5 Å². The van der Waals surface area contributed by atoms with Gasteiger partial charge in [-0.3, -0.25) is 0 Å². The molecule has 88 valence electrons. The van der Waals surface area contributed by atoms with E-state index in [9.17, 15) is 0 Å². The monoisotopic (exact) mass is 219 g/mol. The third-order valence-electron chi connectivity index (χ3n) is 3.20. The van der Waals surface area contributed by atoms with E-state index in [0.717, 1.165) is 25.3 Å². The Bertz CT molecular complexity index is 346. The molecule has 1 aromatic rings. The van der Waals surface area contributed by atoms with Gasteiger partial charge in [-0.2, -0.15) is 0 Å².